The summed E-state index contributed by atoms with van der Waals surface area (Å²) < 4.78 is 10.6. The second kappa shape index (κ2) is 17.4. The molecule has 9 rings (SSSR count). The van der Waals surface area contributed by atoms with Gasteiger partial charge in [-0.3, -0.25) is 9.67 Å². The van der Waals surface area contributed by atoms with Crippen molar-refractivity contribution >= 4 is 21.9 Å². The largest absolute Gasteiger partial charge is 0.500 e. The molecule has 9 aromatic rings. The number of para-hydroxylation sites is 2. The number of furan rings is 1. The topological polar surface area (TPSA) is 74.6 Å². The molecule has 0 aliphatic rings. The molecular weight excluding hydrogens is 941 g/mol. The summed E-state index contributed by atoms with van der Waals surface area (Å²) in [5.74, 6) is 1.66. The fourth-order valence-electron chi connectivity index (χ4n) is 7.53. The monoisotopic (exact) mass is 995 g/mol. The Kier molecular flexibility index (Phi) is 12.4. The number of fused-ring (bicyclic) bond motifs is 3. The molecule has 0 fully saturated rings. The van der Waals surface area contributed by atoms with Gasteiger partial charge in [0.2, 0.25) is 0 Å². The summed E-state index contributed by atoms with van der Waals surface area (Å²) in [5, 5.41) is 6.81. The van der Waals surface area contributed by atoms with Crippen LogP contribution in [0.3, 0.4) is 0 Å². The molecule has 0 spiro atoms. The van der Waals surface area contributed by atoms with E-state index in [0.29, 0.717) is 0 Å². The zero-order valence-electron chi connectivity index (χ0n) is 37.3. The van der Waals surface area contributed by atoms with E-state index in [0.717, 1.165) is 68.2 Å². The summed E-state index contributed by atoms with van der Waals surface area (Å²) >= 11 is 0. The summed E-state index contributed by atoms with van der Waals surface area (Å²) in [6, 6.07) is 46.3. The average molecular weight is 995 g/mol. The molecule has 0 N–H and O–H groups in total. The van der Waals surface area contributed by atoms with Gasteiger partial charge in [0.1, 0.15) is 11.4 Å². The van der Waals surface area contributed by atoms with Crippen molar-refractivity contribution in [2.24, 2.45) is 12.5 Å². The van der Waals surface area contributed by atoms with Gasteiger partial charge in [0.15, 0.2) is 0 Å². The molecule has 7 nitrogen and oxygen atoms in total. The molecule has 8 heteroatoms. The van der Waals surface area contributed by atoms with Crippen LogP contribution < -0.4 is 0 Å². The van der Waals surface area contributed by atoms with E-state index in [1.54, 1.807) is 6.20 Å². The smallest absolute Gasteiger partial charge is 0.134 e. The van der Waals surface area contributed by atoms with Crippen LogP contribution in [0.4, 0.5) is 0 Å². The van der Waals surface area contributed by atoms with E-state index in [1.165, 1.54) is 27.9 Å². The normalized spacial score (nSPS) is 12.0. The van der Waals surface area contributed by atoms with E-state index in [9.17, 15) is 0 Å². The second-order valence-electron chi connectivity index (χ2n) is 19.0. The molecular formula is C54H54IrN6O-2. The van der Waals surface area contributed by atoms with Crippen molar-refractivity contribution in [1.82, 2.24) is 29.3 Å². The molecule has 5 aromatic carbocycles. The van der Waals surface area contributed by atoms with Crippen LogP contribution in [0.1, 0.15) is 79.5 Å². The molecule has 0 aliphatic carbocycles. The molecule has 0 amide bonds. The molecule has 0 unspecified atom stereocenters. The van der Waals surface area contributed by atoms with Gasteiger partial charge in [-0.1, -0.05) is 140 Å². The molecule has 0 saturated heterocycles. The van der Waals surface area contributed by atoms with Gasteiger partial charge in [0.25, 0.3) is 0 Å². The Bertz CT molecular complexity index is 2910. The Morgan fingerprint density at radius 3 is 1.98 bits per heavy atom. The molecule has 0 bridgehead atoms. The van der Waals surface area contributed by atoms with E-state index in [4.69, 9.17) is 19.5 Å². The van der Waals surface area contributed by atoms with Crippen molar-refractivity contribution in [2.45, 2.75) is 79.6 Å². The number of imidazole rings is 1. The summed E-state index contributed by atoms with van der Waals surface area (Å²) in [6.45, 7) is 19.8. The number of hydrogen-bond donors (Lipinski definition) is 0. The van der Waals surface area contributed by atoms with Gasteiger partial charge in [-0.25, -0.2) is 9.97 Å². The SMILES string of the molecule is CC(C)(C)Cc1c(-c2ccc(-c3ccccc3)cc2)cnn1-c1[c-]cccc1.Cn1ccnc1-c1[c-]ccc2c1oc1c(-c3cc(C(C)(C)C)nc(C(C)(C)C)n3)cccc12.[Ir]. The van der Waals surface area contributed by atoms with Crippen LogP contribution in [-0.4, -0.2) is 29.3 Å². The van der Waals surface area contributed by atoms with Crippen molar-refractivity contribution in [2.75, 3.05) is 0 Å². The van der Waals surface area contributed by atoms with Crippen molar-refractivity contribution in [3.63, 3.8) is 0 Å². The van der Waals surface area contributed by atoms with Crippen LogP contribution in [0.2, 0.25) is 0 Å². The Morgan fingerprint density at radius 1 is 0.645 bits per heavy atom. The Balaban J connectivity index is 0.000000186. The van der Waals surface area contributed by atoms with E-state index in [1.807, 2.05) is 59.0 Å². The Morgan fingerprint density at radius 2 is 1.34 bits per heavy atom. The molecule has 62 heavy (non-hydrogen) atoms. The van der Waals surface area contributed by atoms with Gasteiger partial charge in [-0.05, 0) is 46.3 Å². The average Bonchev–Trinajstić information content (AvgIpc) is 3.97. The minimum Gasteiger partial charge on any atom is -0.500 e. The van der Waals surface area contributed by atoms with Gasteiger partial charge in [0, 0.05) is 66.9 Å². The molecule has 0 atom stereocenters. The zero-order chi connectivity index (χ0) is 43.1. The maximum Gasteiger partial charge on any atom is 0.134 e. The quantitative estimate of drug-likeness (QED) is 0.155. The Hall–Kier alpha value is -5.95. The minimum atomic E-state index is -0.169. The summed E-state index contributed by atoms with van der Waals surface area (Å²) in [5.41, 5.74) is 12.3. The first-order valence-electron chi connectivity index (χ1n) is 21.0. The number of aromatic nitrogens is 6. The summed E-state index contributed by atoms with van der Waals surface area (Å²) in [6.07, 6.45) is 6.64. The molecule has 4 heterocycles. The third kappa shape index (κ3) is 9.28. The van der Waals surface area contributed by atoms with Crippen molar-refractivity contribution in [3.05, 3.63) is 163 Å². The van der Waals surface area contributed by atoms with Crippen LogP contribution >= 0.6 is 0 Å². The fourth-order valence-corrected chi connectivity index (χ4v) is 7.53. The van der Waals surface area contributed by atoms with Crippen LogP contribution in [0.5, 0.6) is 0 Å². The predicted octanol–water partition coefficient (Wildman–Crippen LogP) is 13.4. The van der Waals surface area contributed by atoms with Gasteiger partial charge < -0.3 is 8.98 Å². The first-order chi connectivity index (χ1) is 29.0. The van der Waals surface area contributed by atoms with Crippen molar-refractivity contribution in [1.29, 1.82) is 0 Å². The standard InChI is InChI=1S/C28H29N4O.C26H25N2.Ir/c1-27(2,3)22-16-21(30-26(31-22)28(4,5)6)19-12-8-10-17-18-11-9-13-20(24(18)33-23(17)19)25-29-14-15-32(25)7;1-26(2,3)18-25-24(19-27-28(25)23-12-8-5-9-13-23)22-16-14-21(15-17-22)20-10-6-4-7-11-20;/h8-12,14-16H,1-7H3;4-12,14-17,19H,18H2,1-3H3;/q2*-1;. The Labute approximate surface area is 379 Å². The first-order valence-corrected chi connectivity index (χ1v) is 21.0. The number of aryl methyl sites for hydroxylation is 1. The van der Waals surface area contributed by atoms with Crippen molar-refractivity contribution in [3.8, 4) is 50.6 Å². The van der Waals surface area contributed by atoms with E-state index in [2.05, 4.69) is 164 Å². The van der Waals surface area contributed by atoms with E-state index >= 15 is 0 Å². The van der Waals surface area contributed by atoms with Gasteiger partial charge in [-0.2, -0.15) is 29.4 Å². The maximum atomic E-state index is 6.55. The second-order valence-corrected chi connectivity index (χ2v) is 19.0. The minimum absolute atomic E-state index is 0. The van der Waals surface area contributed by atoms with Crippen molar-refractivity contribution < 1.29 is 24.5 Å². The van der Waals surface area contributed by atoms with Gasteiger partial charge in [0.05, 0.1) is 34.7 Å². The number of benzene rings is 5. The summed E-state index contributed by atoms with van der Waals surface area (Å²) in [4.78, 5) is 14.4. The summed E-state index contributed by atoms with van der Waals surface area (Å²) in [7, 11) is 1.98. The van der Waals surface area contributed by atoms with Crippen LogP contribution in [0.25, 0.3) is 72.5 Å². The van der Waals surface area contributed by atoms with E-state index in [-0.39, 0.29) is 36.4 Å². The maximum absolute atomic E-state index is 6.55. The predicted molar refractivity (Wildman–Crippen MR) is 250 cm³/mol. The fraction of sp³-hybridized carbons (Fsp3) is 0.259. The molecule has 1 radical (unpaired) electrons. The third-order valence-electron chi connectivity index (χ3n) is 10.7. The first kappa shape index (κ1) is 44.1. The zero-order valence-corrected chi connectivity index (χ0v) is 39.7. The number of rotatable bonds is 6. The van der Waals surface area contributed by atoms with Gasteiger partial charge >= 0.3 is 0 Å². The van der Waals surface area contributed by atoms with Gasteiger partial charge in [-0.15, -0.1) is 24.3 Å². The van der Waals surface area contributed by atoms with Crippen LogP contribution in [-0.2, 0) is 44.4 Å². The van der Waals surface area contributed by atoms with E-state index < -0.39 is 0 Å². The molecule has 0 saturated carbocycles. The van der Waals surface area contributed by atoms with Crippen LogP contribution in [0.15, 0.2) is 138 Å². The molecule has 0 aliphatic heterocycles. The molecule has 317 valence electrons. The van der Waals surface area contributed by atoms with Crippen LogP contribution in [0, 0.1) is 17.5 Å². The third-order valence-corrected chi connectivity index (χ3v) is 10.7. The number of nitrogens with zero attached hydrogens (tertiary/aromatic N) is 6. The number of hydrogen-bond acceptors (Lipinski definition) is 5. The molecule has 4 aromatic heterocycles.